The summed E-state index contributed by atoms with van der Waals surface area (Å²) in [5.41, 5.74) is 1.41. The molecule has 2 unspecified atom stereocenters. The highest BCUT2D eigenvalue weighted by atomic mass is 35.5. The van der Waals surface area contributed by atoms with Crippen molar-refractivity contribution in [3.05, 3.63) is 69.7 Å². The van der Waals surface area contributed by atoms with Gasteiger partial charge in [0.15, 0.2) is 16.6 Å². The Morgan fingerprint density at radius 3 is 2.86 bits per heavy atom. The van der Waals surface area contributed by atoms with E-state index >= 15 is 0 Å². The van der Waals surface area contributed by atoms with Gasteiger partial charge >= 0.3 is 0 Å². The van der Waals surface area contributed by atoms with Gasteiger partial charge in [-0.1, -0.05) is 35.9 Å². The SMILES string of the molecule is O=C(Nc1ncc(C(CN2CCC(O)C2)c2ccccc2Cl)s1)C1(c2ccc3c(c2)OCO3)CC1. The van der Waals surface area contributed by atoms with E-state index in [9.17, 15) is 9.90 Å². The Morgan fingerprint density at radius 1 is 1.26 bits per heavy atom. The number of benzene rings is 2. The summed E-state index contributed by atoms with van der Waals surface area (Å²) in [4.78, 5) is 21.2. The second-order valence-electron chi connectivity index (χ2n) is 9.45. The maximum absolute atomic E-state index is 13.3. The van der Waals surface area contributed by atoms with E-state index < -0.39 is 5.41 Å². The van der Waals surface area contributed by atoms with Crippen molar-refractivity contribution in [1.29, 1.82) is 0 Å². The van der Waals surface area contributed by atoms with Crippen molar-refractivity contribution in [3.8, 4) is 11.5 Å². The number of ether oxygens (including phenoxy) is 2. The fourth-order valence-electron chi connectivity index (χ4n) is 5.02. The van der Waals surface area contributed by atoms with Crippen molar-refractivity contribution in [1.82, 2.24) is 9.88 Å². The third kappa shape index (κ3) is 4.40. The molecule has 1 amide bonds. The van der Waals surface area contributed by atoms with Gasteiger partial charge < -0.3 is 19.9 Å². The Bertz CT molecular complexity index is 1260. The lowest BCUT2D eigenvalue weighted by Crippen LogP contribution is -2.28. The number of rotatable bonds is 7. The largest absolute Gasteiger partial charge is 0.454 e. The average molecular weight is 512 g/mol. The van der Waals surface area contributed by atoms with E-state index in [1.807, 2.05) is 48.7 Å². The minimum atomic E-state index is -0.555. The monoisotopic (exact) mass is 511 g/mol. The van der Waals surface area contributed by atoms with Crippen LogP contribution in [-0.2, 0) is 10.2 Å². The summed E-state index contributed by atoms with van der Waals surface area (Å²) in [5, 5.41) is 14.3. The fraction of sp³-hybridized carbons (Fsp3) is 0.385. The lowest BCUT2D eigenvalue weighted by atomic mass is 9.94. The van der Waals surface area contributed by atoms with Crippen LogP contribution in [0.25, 0.3) is 0 Å². The zero-order valence-electron chi connectivity index (χ0n) is 19.1. The number of β-amino-alcohol motifs (C(OH)–C–C–N with tert-alkyl or cyclic N) is 1. The average Bonchev–Trinajstić information content (AvgIpc) is 3.15. The maximum atomic E-state index is 13.3. The Labute approximate surface area is 212 Å². The molecule has 3 aliphatic rings. The number of nitrogens with zero attached hydrogens (tertiary/aromatic N) is 2. The van der Waals surface area contributed by atoms with Gasteiger partial charge in [-0.2, -0.15) is 0 Å². The number of nitrogens with one attached hydrogen (secondary N) is 1. The molecule has 1 aliphatic carbocycles. The second kappa shape index (κ2) is 9.09. The van der Waals surface area contributed by atoms with Gasteiger partial charge in [-0.25, -0.2) is 4.98 Å². The van der Waals surface area contributed by atoms with Gasteiger partial charge in [-0.3, -0.25) is 9.69 Å². The molecule has 35 heavy (non-hydrogen) atoms. The standard InChI is InChI=1S/C26H26ClN3O4S/c27-20-4-2-1-3-18(20)19(14-30-10-7-17(31)13-30)23-12-28-25(35-23)29-24(32)26(8-9-26)16-5-6-21-22(11-16)34-15-33-21/h1-6,11-12,17,19,31H,7-10,13-15H2,(H,28,29,32). The first-order valence-corrected chi connectivity index (χ1v) is 13.0. The van der Waals surface area contributed by atoms with Gasteiger partial charge in [0.25, 0.3) is 0 Å². The highest BCUT2D eigenvalue weighted by Crippen LogP contribution is 2.51. The van der Waals surface area contributed by atoms with Crippen LogP contribution in [0.15, 0.2) is 48.7 Å². The van der Waals surface area contributed by atoms with Crippen LogP contribution in [0.3, 0.4) is 0 Å². The third-order valence-electron chi connectivity index (χ3n) is 7.17. The van der Waals surface area contributed by atoms with Gasteiger partial charge in [0.05, 0.1) is 11.5 Å². The van der Waals surface area contributed by atoms with E-state index in [0.29, 0.717) is 28.2 Å². The van der Waals surface area contributed by atoms with Crippen LogP contribution in [0.4, 0.5) is 5.13 Å². The molecule has 3 aromatic rings. The molecule has 2 fully saturated rings. The summed E-state index contributed by atoms with van der Waals surface area (Å²) < 4.78 is 10.9. The predicted molar refractivity (Wildman–Crippen MR) is 135 cm³/mol. The first kappa shape index (κ1) is 22.8. The van der Waals surface area contributed by atoms with Crippen molar-refractivity contribution < 1.29 is 19.4 Å². The number of aliphatic hydroxyl groups is 1. The number of carbonyl (C=O) groups excluding carboxylic acids is 1. The maximum Gasteiger partial charge on any atom is 0.236 e. The minimum absolute atomic E-state index is 0.000831. The van der Waals surface area contributed by atoms with Gasteiger partial charge in [0.2, 0.25) is 12.7 Å². The predicted octanol–water partition coefficient (Wildman–Crippen LogP) is 4.39. The Hall–Kier alpha value is -2.65. The van der Waals surface area contributed by atoms with Crippen molar-refractivity contribution >= 4 is 34.0 Å². The summed E-state index contributed by atoms with van der Waals surface area (Å²) in [7, 11) is 0. The molecule has 182 valence electrons. The first-order chi connectivity index (χ1) is 17.0. The molecule has 0 bridgehead atoms. The number of halogens is 1. The zero-order chi connectivity index (χ0) is 24.0. The van der Waals surface area contributed by atoms with E-state index in [2.05, 4.69) is 15.2 Å². The summed E-state index contributed by atoms with van der Waals surface area (Å²) in [6.07, 6.45) is 3.90. The van der Waals surface area contributed by atoms with Crippen molar-refractivity contribution in [2.75, 3.05) is 31.7 Å². The van der Waals surface area contributed by atoms with Crippen LogP contribution in [-0.4, -0.2) is 53.4 Å². The molecular weight excluding hydrogens is 486 g/mol. The van der Waals surface area contributed by atoms with Crippen molar-refractivity contribution in [3.63, 3.8) is 0 Å². The molecule has 1 aromatic heterocycles. The molecule has 9 heteroatoms. The number of likely N-dealkylation sites (tertiary alicyclic amines) is 1. The lowest BCUT2D eigenvalue weighted by Gasteiger charge is -2.23. The number of aromatic nitrogens is 1. The van der Waals surface area contributed by atoms with Gasteiger partial charge in [-0.05, 0) is 48.6 Å². The van der Waals surface area contributed by atoms with Crippen LogP contribution in [0, 0.1) is 0 Å². The second-order valence-corrected chi connectivity index (χ2v) is 10.9. The van der Waals surface area contributed by atoms with E-state index in [-0.39, 0.29) is 24.7 Å². The summed E-state index contributed by atoms with van der Waals surface area (Å²) >= 11 is 8.06. The number of aliphatic hydroxyl groups excluding tert-OH is 1. The van der Waals surface area contributed by atoms with Crippen molar-refractivity contribution in [2.24, 2.45) is 0 Å². The number of hydrogen-bond donors (Lipinski definition) is 2. The number of amides is 1. The van der Waals surface area contributed by atoms with Crippen molar-refractivity contribution in [2.45, 2.75) is 36.7 Å². The topological polar surface area (TPSA) is 83.9 Å². The molecule has 6 rings (SSSR count). The van der Waals surface area contributed by atoms with Crippen LogP contribution in [0.2, 0.25) is 5.02 Å². The summed E-state index contributed by atoms with van der Waals surface area (Å²) in [6, 6.07) is 13.6. The van der Waals surface area contributed by atoms with Gasteiger partial charge in [-0.15, -0.1) is 11.3 Å². The zero-order valence-corrected chi connectivity index (χ0v) is 20.6. The van der Waals surface area contributed by atoms with Crippen LogP contribution < -0.4 is 14.8 Å². The minimum Gasteiger partial charge on any atom is -0.454 e. The molecule has 2 aromatic carbocycles. The summed E-state index contributed by atoms with van der Waals surface area (Å²) in [6.45, 7) is 2.45. The number of hydrogen-bond acceptors (Lipinski definition) is 7. The van der Waals surface area contributed by atoms with E-state index in [1.54, 1.807) is 0 Å². The molecule has 3 heterocycles. The molecule has 0 spiro atoms. The normalized spacial score (nSPS) is 21.1. The molecule has 7 nitrogen and oxygen atoms in total. The van der Waals surface area contributed by atoms with E-state index in [0.717, 1.165) is 48.4 Å². The quantitative estimate of drug-likeness (QED) is 0.489. The smallest absolute Gasteiger partial charge is 0.236 e. The van der Waals surface area contributed by atoms with Gasteiger partial charge in [0.1, 0.15) is 0 Å². The first-order valence-electron chi connectivity index (χ1n) is 11.8. The highest BCUT2D eigenvalue weighted by molar-refractivity contribution is 7.15. The Kier molecular flexibility index (Phi) is 5.92. The number of carbonyl (C=O) groups is 1. The molecular formula is C26H26ClN3O4S. The summed E-state index contributed by atoms with van der Waals surface area (Å²) in [5.74, 6) is 1.36. The van der Waals surface area contributed by atoms with E-state index in [4.69, 9.17) is 21.1 Å². The van der Waals surface area contributed by atoms with Crippen LogP contribution in [0.1, 0.15) is 41.2 Å². The number of anilines is 1. The number of fused-ring (bicyclic) bond motifs is 1. The fourth-order valence-corrected chi connectivity index (χ4v) is 6.21. The Balaban J connectivity index is 1.22. The molecule has 1 saturated heterocycles. The molecule has 2 aliphatic heterocycles. The number of thiazole rings is 1. The molecule has 2 N–H and O–H groups in total. The molecule has 1 saturated carbocycles. The highest BCUT2D eigenvalue weighted by Gasteiger charge is 2.52. The van der Waals surface area contributed by atoms with E-state index in [1.165, 1.54) is 11.3 Å². The third-order valence-corrected chi connectivity index (χ3v) is 8.54. The molecule has 0 radical (unpaired) electrons. The van der Waals surface area contributed by atoms with Crippen LogP contribution >= 0.6 is 22.9 Å². The lowest BCUT2D eigenvalue weighted by molar-refractivity contribution is -0.118. The van der Waals surface area contributed by atoms with Crippen LogP contribution in [0.5, 0.6) is 11.5 Å². The molecule has 2 atom stereocenters. The van der Waals surface area contributed by atoms with Gasteiger partial charge in [0, 0.05) is 41.6 Å². The Morgan fingerprint density at radius 2 is 2.09 bits per heavy atom.